The van der Waals surface area contributed by atoms with Crippen molar-refractivity contribution in [2.45, 2.75) is 39.7 Å². The fraction of sp³-hybridized carbons (Fsp3) is 0.400. The largest absolute Gasteiger partial charge is 0.265 e. The highest BCUT2D eigenvalue weighted by atomic mass is 15.3. The van der Waals surface area contributed by atoms with Crippen LogP contribution in [0.15, 0.2) is 36.5 Å². The lowest BCUT2D eigenvalue weighted by molar-refractivity contribution is 0.560. The Hall–Kier alpha value is -1.57. The maximum absolute atomic E-state index is 4.62. The summed E-state index contributed by atoms with van der Waals surface area (Å²) in [6.07, 6.45) is 2.18. The van der Waals surface area contributed by atoms with Gasteiger partial charge in [0.2, 0.25) is 0 Å². The molecule has 0 aliphatic carbocycles. The van der Waals surface area contributed by atoms with Gasteiger partial charge in [0, 0.05) is 6.20 Å². The Labute approximate surface area is 103 Å². The first-order chi connectivity index (χ1) is 8.09. The van der Waals surface area contributed by atoms with E-state index in [4.69, 9.17) is 0 Å². The van der Waals surface area contributed by atoms with Crippen molar-refractivity contribution in [1.29, 1.82) is 0 Å². The average molecular weight is 228 g/mol. The Morgan fingerprint density at radius 1 is 1.06 bits per heavy atom. The summed E-state index contributed by atoms with van der Waals surface area (Å²) in [5.41, 5.74) is 3.78. The summed E-state index contributed by atoms with van der Waals surface area (Å²) < 4.78 is 2.07. The lowest BCUT2D eigenvalue weighted by Gasteiger charge is -2.12. The number of hydrogen-bond acceptors (Lipinski definition) is 1. The van der Waals surface area contributed by atoms with E-state index in [0.717, 1.165) is 5.69 Å². The van der Waals surface area contributed by atoms with Crippen molar-refractivity contribution in [3.8, 4) is 0 Å². The quantitative estimate of drug-likeness (QED) is 0.778. The molecular formula is C15H20N2. The molecule has 1 aromatic carbocycles. The number of aryl methyl sites for hydroxylation is 1. The molecule has 2 aromatic rings. The molecule has 0 fully saturated rings. The van der Waals surface area contributed by atoms with Gasteiger partial charge < -0.3 is 0 Å². The number of aromatic nitrogens is 2. The van der Waals surface area contributed by atoms with Crippen LogP contribution in [0, 0.1) is 6.92 Å². The van der Waals surface area contributed by atoms with E-state index in [1.165, 1.54) is 11.1 Å². The van der Waals surface area contributed by atoms with E-state index in [9.17, 15) is 0 Å². The van der Waals surface area contributed by atoms with Gasteiger partial charge in [0.05, 0.1) is 11.7 Å². The normalized spacial score (nSPS) is 13.0. The van der Waals surface area contributed by atoms with Gasteiger partial charge in [0.15, 0.2) is 0 Å². The van der Waals surface area contributed by atoms with Gasteiger partial charge >= 0.3 is 0 Å². The molecule has 0 unspecified atom stereocenters. The molecule has 1 atom stereocenters. The highest BCUT2D eigenvalue weighted by molar-refractivity contribution is 5.23. The summed E-state index contributed by atoms with van der Waals surface area (Å²) in [5.74, 6) is 0.534. The van der Waals surface area contributed by atoms with E-state index in [0.29, 0.717) is 12.0 Å². The Bertz CT molecular complexity index is 483. The van der Waals surface area contributed by atoms with Crippen molar-refractivity contribution in [1.82, 2.24) is 9.78 Å². The standard InChI is InChI=1S/C15H20N2/c1-11(2)15-10-17(16-12(15)3)13(4)14-8-6-5-7-9-14/h5-11,13H,1-4H3/t13-/m0/s1. The van der Waals surface area contributed by atoms with E-state index < -0.39 is 0 Å². The third-order valence-corrected chi connectivity index (χ3v) is 3.26. The van der Waals surface area contributed by atoms with Crippen LogP contribution in [-0.2, 0) is 0 Å². The maximum Gasteiger partial charge on any atom is 0.0740 e. The van der Waals surface area contributed by atoms with Gasteiger partial charge in [-0.15, -0.1) is 0 Å². The van der Waals surface area contributed by atoms with Crippen molar-refractivity contribution >= 4 is 0 Å². The molecule has 2 nitrogen and oxygen atoms in total. The maximum atomic E-state index is 4.62. The van der Waals surface area contributed by atoms with E-state index >= 15 is 0 Å². The highest BCUT2D eigenvalue weighted by Crippen LogP contribution is 2.22. The smallest absolute Gasteiger partial charge is 0.0740 e. The highest BCUT2D eigenvalue weighted by Gasteiger charge is 2.13. The first-order valence-corrected chi connectivity index (χ1v) is 6.20. The van der Waals surface area contributed by atoms with Crippen LogP contribution in [0.2, 0.25) is 0 Å². The second kappa shape index (κ2) is 4.74. The van der Waals surface area contributed by atoms with Crippen molar-refractivity contribution in [2.24, 2.45) is 0 Å². The Morgan fingerprint density at radius 3 is 2.24 bits per heavy atom. The van der Waals surface area contributed by atoms with Gasteiger partial charge in [0.1, 0.15) is 0 Å². The van der Waals surface area contributed by atoms with Crippen LogP contribution in [0.25, 0.3) is 0 Å². The zero-order valence-electron chi connectivity index (χ0n) is 11.0. The van der Waals surface area contributed by atoms with Gasteiger partial charge in [-0.1, -0.05) is 44.2 Å². The third-order valence-electron chi connectivity index (χ3n) is 3.26. The molecule has 17 heavy (non-hydrogen) atoms. The summed E-state index contributed by atoms with van der Waals surface area (Å²) in [5, 5.41) is 4.62. The van der Waals surface area contributed by atoms with Gasteiger partial charge in [-0.25, -0.2) is 0 Å². The van der Waals surface area contributed by atoms with E-state index in [-0.39, 0.29) is 0 Å². The molecule has 0 amide bonds. The van der Waals surface area contributed by atoms with Crippen LogP contribution >= 0.6 is 0 Å². The second-order valence-corrected chi connectivity index (χ2v) is 4.89. The molecule has 0 saturated carbocycles. The molecule has 0 aliphatic rings. The van der Waals surface area contributed by atoms with E-state index in [1.54, 1.807) is 0 Å². The van der Waals surface area contributed by atoms with Gasteiger partial charge in [-0.2, -0.15) is 5.10 Å². The van der Waals surface area contributed by atoms with E-state index in [1.807, 2.05) is 6.07 Å². The van der Waals surface area contributed by atoms with Crippen molar-refractivity contribution in [3.05, 3.63) is 53.3 Å². The average Bonchev–Trinajstić information content (AvgIpc) is 2.71. The second-order valence-electron chi connectivity index (χ2n) is 4.89. The minimum Gasteiger partial charge on any atom is -0.265 e. The summed E-state index contributed by atoms with van der Waals surface area (Å²) in [7, 11) is 0. The van der Waals surface area contributed by atoms with Crippen LogP contribution in [0.4, 0.5) is 0 Å². The molecule has 1 heterocycles. The van der Waals surface area contributed by atoms with Crippen LogP contribution in [0.1, 0.15) is 49.6 Å². The molecule has 0 saturated heterocycles. The summed E-state index contributed by atoms with van der Waals surface area (Å²) >= 11 is 0. The van der Waals surface area contributed by atoms with E-state index in [2.05, 4.69) is 67.9 Å². The molecule has 0 N–H and O–H groups in total. The molecule has 0 aliphatic heterocycles. The zero-order chi connectivity index (χ0) is 12.4. The molecule has 2 rings (SSSR count). The monoisotopic (exact) mass is 228 g/mol. The minimum atomic E-state index is 0.294. The molecule has 1 aromatic heterocycles. The number of benzene rings is 1. The Kier molecular flexibility index (Phi) is 3.32. The minimum absolute atomic E-state index is 0.294. The van der Waals surface area contributed by atoms with Gasteiger partial charge in [-0.05, 0) is 30.9 Å². The van der Waals surface area contributed by atoms with Crippen LogP contribution in [0.5, 0.6) is 0 Å². The zero-order valence-corrected chi connectivity index (χ0v) is 11.0. The Morgan fingerprint density at radius 2 is 1.71 bits per heavy atom. The molecule has 0 spiro atoms. The fourth-order valence-electron chi connectivity index (χ4n) is 2.15. The van der Waals surface area contributed by atoms with Crippen molar-refractivity contribution in [3.63, 3.8) is 0 Å². The number of nitrogens with zero attached hydrogens (tertiary/aromatic N) is 2. The Balaban J connectivity index is 2.32. The SMILES string of the molecule is Cc1nn([C@@H](C)c2ccccc2)cc1C(C)C. The lowest BCUT2D eigenvalue weighted by atomic mass is 10.1. The number of hydrogen-bond donors (Lipinski definition) is 0. The predicted molar refractivity (Wildman–Crippen MR) is 71.3 cm³/mol. The summed E-state index contributed by atoms with van der Waals surface area (Å²) in [6, 6.07) is 10.8. The summed E-state index contributed by atoms with van der Waals surface area (Å²) in [4.78, 5) is 0. The van der Waals surface area contributed by atoms with Crippen LogP contribution in [0.3, 0.4) is 0 Å². The van der Waals surface area contributed by atoms with Gasteiger partial charge in [0.25, 0.3) is 0 Å². The van der Waals surface area contributed by atoms with Gasteiger partial charge in [-0.3, -0.25) is 4.68 Å². The molecular weight excluding hydrogens is 208 g/mol. The molecule has 0 bridgehead atoms. The first kappa shape index (κ1) is 11.9. The lowest BCUT2D eigenvalue weighted by Crippen LogP contribution is -2.07. The molecule has 90 valence electrons. The van der Waals surface area contributed by atoms with Crippen molar-refractivity contribution in [2.75, 3.05) is 0 Å². The fourth-order valence-corrected chi connectivity index (χ4v) is 2.15. The van der Waals surface area contributed by atoms with Crippen LogP contribution in [-0.4, -0.2) is 9.78 Å². The van der Waals surface area contributed by atoms with Crippen molar-refractivity contribution < 1.29 is 0 Å². The number of rotatable bonds is 3. The molecule has 2 heteroatoms. The predicted octanol–water partition coefficient (Wildman–Crippen LogP) is 3.92. The topological polar surface area (TPSA) is 17.8 Å². The third kappa shape index (κ3) is 2.41. The summed E-state index contributed by atoms with van der Waals surface area (Å²) in [6.45, 7) is 8.69. The molecule has 0 radical (unpaired) electrons. The first-order valence-electron chi connectivity index (χ1n) is 6.20. The van der Waals surface area contributed by atoms with Crippen LogP contribution < -0.4 is 0 Å².